The van der Waals surface area contributed by atoms with E-state index in [2.05, 4.69) is 6.58 Å². The van der Waals surface area contributed by atoms with Gasteiger partial charge in [0.05, 0.1) is 5.76 Å². The predicted molar refractivity (Wildman–Crippen MR) is 56.0 cm³/mol. The number of hydrogen-bond acceptors (Lipinski definition) is 1. The minimum Gasteiger partial charge on any atom is -0.462 e. The van der Waals surface area contributed by atoms with Gasteiger partial charge in [0.25, 0.3) is 0 Å². The molecule has 1 nitrogen and oxygen atoms in total. The molecule has 0 atom stereocenters. The molecular formula is C12H13FO. The van der Waals surface area contributed by atoms with E-state index in [4.69, 9.17) is 4.74 Å². The number of ether oxygens (including phenoxy) is 1. The molecule has 0 N–H and O–H groups in total. The second-order valence-electron chi connectivity index (χ2n) is 2.93. The summed E-state index contributed by atoms with van der Waals surface area (Å²) >= 11 is 0. The van der Waals surface area contributed by atoms with Crippen molar-refractivity contribution in [2.75, 3.05) is 0 Å². The van der Waals surface area contributed by atoms with Gasteiger partial charge in [0.2, 0.25) is 0 Å². The van der Waals surface area contributed by atoms with Crippen molar-refractivity contribution < 1.29 is 9.13 Å². The van der Waals surface area contributed by atoms with Gasteiger partial charge in [-0.2, -0.15) is 0 Å². The zero-order chi connectivity index (χ0) is 10.6. The van der Waals surface area contributed by atoms with E-state index >= 15 is 0 Å². The van der Waals surface area contributed by atoms with E-state index in [9.17, 15) is 4.39 Å². The highest BCUT2D eigenvalue weighted by Gasteiger charge is 2.00. The lowest BCUT2D eigenvalue weighted by atomic mass is 10.2. The topological polar surface area (TPSA) is 9.23 Å². The lowest BCUT2D eigenvalue weighted by molar-refractivity contribution is 0.385. The molecule has 0 saturated carbocycles. The third kappa shape index (κ3) is 2.73. The highest BCUT2D eigenvalue weighted by atomic mass is 19.1. The van der Waals surface area contributed by atoms with Crippen LogP contribution in [-0.4, -0.2) is 0 Å². The van der Waals surface area contributed by atoms with Crippen LogP contribution in [0, 0.1) is 5.82 Å². The number of rotatable bonds is 3. The monoisotopic (exact) mass is 192 g/mol. The molecule has 0 bridgehead atoms. The molecule has 0 aliphatic rings. The van der Waals surface area contributed by atoms with E-state index in [0.29, 0.717) is 5.76 Å². The maximum absolute atomic E-state index is 12.6. The molecule has 0 fully saturated rings. The summed E-state index contributed by atoms with van der Waals surface area (Å²) in [7, 11) is 0. The van der Waals surface area contributed by atoms with Crippen LogP contribution in [0.3, 0.4) is 0 Å². The SMILES string of the molecule is C=C(O/C(C)=C/C)c1ccc(F)cc1. The maximum Gasteiger partial charge on any atom is 0.126 e. The van der Waals surface area contributed by atoms with Gasteiger partial charge in [-0.25, -0.2) is 4.39 Å². The van der Waals surface area contributed by atoms with Gasteiger partial charge in [0.15, 0.2) is 0 Å². The maximum atomic E-state index is 12.6. The van der Waals surface area contributed by atoms with Crippen LogP contribution in [-0.2, 0) is 4.74 Å². The third-order valence-corrected chi connectivity index (χ3v) is 1.86. The van der Waals surface area contributed by atoms with Crippen LogP contribution in [0.5, 0.6) is 0 Å². The Morgan fingerprint density at radius 2 is 1.93 bits per heavy atom. The fourth-order valence-electron chi connectivity index (χ4n) is 0.948. The Balaban J connectivity index is 2.75. The third-order valence-electron chi connectivity index (χ3n) is 1.86. The van der Waals surface area contributed by atoms with Crippen molar-refractivity contribution in [1.82, 2.24) is 0 Å². The van der Waals surface area contributed by atoms with Crippen molar-refractivity contribution in [3.63, 3.8) is 0 Å². The van der Waals surface area contributed by atoms with Crippen molar-refractivity contribution in [3.8, 4) is 0 Å². The summed E-state index contributed by atoms with van der Waals surface area (Å²) in [5.74, 6) is 1.05. The van der Waals surface area contributed by atoms with Crippen molar-refractivity contribution in [2.45, 2.75) is 13.8 Å². The van der Waals surface area contributed by atoms with Gasteiger partial charge in [0, 0.05) is 5.56 Å². The smallest absolute Gasteiger partial charge is 0.126 e. The van der Waals surface area contributed by atoms with Crippen LogP contribution in [0.1, 0.15) is 19.4 Å². The molecule has 2 heteroatoms. The summed E-state index contributed by atoms with van der Waals surface area (Å²) in [5.41, 5.74) is 0.785. The Labute approximate surface area is 83.5 Å². The van der Waals surface area contributed by atoms with Crippen LogP contribution in [0.2, 0.25) is 0 Å². The van der Waals surface area contributed by atoms with Crippen molar-refractivity contribution >= 4 is 5.76 Å². The van der Waals surface area contributed by atoms with Gasteiger partial charge in [-0.3, -0.25) is 0 Å². The summed E-state index contributed by atoms with van der Waals surface area (Å²) in [6.45, 7) is 7.48. The number of allylic oxidation sites excluding steroid dienone is 2. The Morgan fingerprint density at radius 1 is 1.36 bits per heavy atom. The molecular weight excluding hydrogens is 179 g/mol. The normalized spacial score (nSPS) is 11.2. The van der Waals surface area contributed by atoms with Gasteiger partial charge < -0.3 is 4.74 Å². The number of benzene rings is 1. The second-order valence-corrected chi connectivity index (χ2v) is 2.93. The molecule has 74 valence electrons. The van der Waals surface area contributed by atoms with E-state index < -0.39 is 0 Å². The second kappa shape index (κ2) is 4.61. The molecule has 0 amide bonds. The van der Waals surface area contributed by atoms with Crippen molar-refractivity contribution in [2.24, 2.45) is 0 Å². The molecule has 0 aliphatic carbocycles. The van der Waals surface area contributed by atoms with Crippen LogP contribution >= 0.6 is 0 Å². The summed E-state index contributed by atoms with van der Waals surface area (Å²) < 4.78 is 18.0. The Kier molecular flexibility index (Phi) is 3.46. The first-order chi connectivity index (χ1) is 6.63. The standard InChI is InChI=1S/C12H13FO/c1-4-9(2)14-10(3)11-5-7-12(13)8-6-11/h4-8H,3H2,1-2H3/b9-4+. The summed E-state index contributed by atoms with van der Waals surface area (Å²) in [6, 6.07) is 6.05. The number of hydrogen-bond donors (Lipinski definition) is 0. The highest BCUT2D eigenvalue weighted by Crippen LogP contribution is 2.17. The summed E-state index contributed by atoms with van der Waals surface area (Å²) in [6.07, 6.45) is 1.84. The lowest BCUT2D eigenvalue weighted by Gasteiger charge is -2.08. The minimum absolute atomic E-state index is 0.260. The van der Waals surface area contributed by atoms with E-state index in [0.717, 1.165) is 11.3 Å². The number of halogens is 1. The molecule has 1 rings (SSSR count). The largest absolute Gasteiger partial charge is 0.462 e. The molecule has 14 heavy (non-hydrogen) atoms. The Morgan fingerprint density at radius 3 is 2.43 bits per heavy atom. The van der Waals surface area contributed by atoms with Gasteiger partial charge >= 0.3 is 0 Å². The molecule has 0 heterocycles. The highest BCUT2D eigenvalue weighted by molar-refractivity contribution is 5.57. The first kappa shape index (κ1) is 10.5. The van der Waals surface area contributed by atoms with Crippen molar-refractivity contribution in [1.29, 1.82) is 0 Å². The average molecular weight is 192 g/mol. The van der Waals surface area contributed by atoms with Gasteiger partial charge in [-0.05, 0) is 44.2 Å². The predicted octanol–water partition coefficient (Wildman–Crippen LogP) is 3.74. The molecule has 0 aromatic heterocycles. The Bertz CT molecular complexity index is 349. The zero-order valence-electron chi connectivity index (χ0n) is 8.38. The minimum atomic E-state index is -0.260. The van der Waals surface area contributed by atoms with Crippen LogP contribution in [0.4, 0.5) is 4.39 Å². The van der Waals surface area contributed by atoms with E-state index in [1.54, 1.807) is 12.1 Å². The van der Waals surface area contributed by atoms with Crippen LogP contribution in [0.25, 0.3) is 5.76 Å². The fraction of sp³-hybridized carbons (Fsp3) is 0.167. The molecule has 1 aromatic carbocycles. The van der Waals surface area contributed by atoms with Crippen LogP contribution < -0.4 is 0 Å². The van der Waals surface area contributed by atoms with Crippen molar-refractivity contribution in [3.05, 3.63) is 54.1 Å². The summed E-state index contributed by atoms with van der Waals surface area (Å²) in [5, 5.41) is 0. The van der Waals surface area contributed by atoms with Crippen LogP contribution in [0.15, 0.2) is 42.7 Å². The average Bonchev–Trinajstić information content (AvgIpc) is 2.18. The van der Waals surface area contributed by atoms with Gasteiger partial charge in [-0.1, -0.05) is 6.58 Å². The summed E-state index contributed by atoms with van der Waals surface area (Å²) in [4.78, 5) is 0. The zero-order valence-corrected chi connectivity index (χ0v) is 8.38. The van der Waals surface area contributed by atoms with E-state index in [1.165, 1.54) is 12.1 Å². The van der Waals surface area contributed by atoms with E-state index in [-0.39, 0.29) is 5.82 Å². The molecule has 0 saturated heterocycles. The van der Waals surface area contributed by atoms with Gasteiger partial charge in [-0.15, -0.1) is 0 Å². The van der Waals surface area contributed by atoms with E-state index in [1.807, 2.05) is 19.9 Å². The molecule has 0 unspecified atom stereocenters. The van der Waals surface area contributed by atoms with Gasteiger partial charge in [0.1, 0.15) is 11.6 Å². The molecule has 0 radical (unpaired) electrons. The first-order valence-electron chi connectivity index (χ1n) is 4.39. The lowest BCUT2D eigenvalue weighted by Crippen LogP contribution is -1.88. The molecule has 0 aliphatic heterocycles. The molecule has 1 aromatic rings. The fourth-order valence-corrected chi connectivity index (χ4v) is 0.948. The quantitative estimate of drug-likeness (QED) is 0.663. The molecule has 0 spiro atoms. The Hall–Kier alpha value is -1.57. The first-order valence-corrected chi connectivity index (χ1v) is 4.39.